The number of aromatic hydroxyl groups is 1. The molecule has 0 saturated heterocycles. The van der Waals surface area contributed by atoms with Crippen LogP contribution < -0.4 is 5.32 Å². The van der Waals surface area contributed by atoms with E-state index in [-0.39, 0.29) is 0 Å². The third-order valence-electron chi connectivity index (χ3n) is 1.98. The maximum atomic E-state index is 9.48. The maximum Gasteiger partial charge on any atom is 0.119 e. The van der Waals surface area contributed by atoms with Crippen LogP contribution in [0.1, 0.15) is 18.4 Å². The molecule has 0 heterocycles. The fourth-order valence-electron chi connectivity index (χ4n) is 1.32. The maximum absolute atomic E-state index is 9.48. The van der Waals surface area contributed by atoms with Gasteiger partial charge >= 0.3 is 0 Å². The minimum atomic E-state index is 0.358. The Hall–Kier alpha value is -1.02. The number of likely N-dealkylation sites (N-methyl/N-ethyl adjacent to an activating group) is 1. The molecule has 0 saturated carbocycles. The van der Waals surface area contributed by atoms with Gasteiger partial charge in [-0.3, -0.25) is 0 Å². The Balaban J connectivity index is 2.79. The number of nitrogens with one attached hydrogen (secondary N) is 1. The van der Waals surface area contributed by atoms with Gasteiger partial charge in [0.05, 0.1) is 0 Å². The highest BCUT2D eigenvalue weighted by molar-refractivity contribution is 5.34. The van der Waals surface area contributed by atoms with Gasteiger partial charge in [0.2, 0.25) is 0 Å². The molecule has 1 rings (SSSR count). The molecule has 66 valence electrons. The summed E-state index contributed by atoms with van der Waals surface area (Å²) in [4.78, 5) is 0. The molecule has 1 unspecified atom stereocenters. The summed E-state index contributed by atoms with van der Waals surface area (Å²) in [5, 5.41) is 12.6. The van der Waals surface area contributed by atoms with Gasteiger partial charge < -0.3 is 10.4 Å². The first-order valence-corrected chi connectivity index (χ1v) is 4.18. The van der Waals surface area contributed by atoms with Crippen LogP contribution >= 0.6 is 0 Å². The van der Waals surface area contributed by atoms with Crippen LogP contribution in [0.5, 0.6) is 5.75 Å². The average Bonchev–Trinajstić information content (AvgIpc) is 2.05. The average molecular weight is 165 g/mol. The zero-order valence-corrected chi connectivity index (χ0v) is 7.54. The van der Waals surface area contributed by atoms with E-state index in [4.69, 9.17) is 0 Å². The van der Waals surface area contributed by atoms with Crippen molar-refractivity contribution in [3.63, 3.8) is 0 Å². The van der Waals surface area contributed by atoms with Gasteiger partial charge in [-0.25, -0.2) is 0 Å². The van der Waals surface area contributed by atoms with Crippen LogP contribution in [0.3, 0.4) is 0 Å². The van der Waals surface area contributed by atoms with Crippen molar-refractivity contribution in [2.45, 2.75) is 12.8 Å². The summed E-state index contributed by atoms with van der Waals surface area (Å²) < 4.78 is 0. The number of para-hydroxylation sites is 1. The molecule has 2 N–H and O–H groups in total. The Labute approximate surface area is 73.2 Å². The van der Waals surface area contributed by atoms with E-state index in [1.54, 1.807) is 6.07 Å². The number of phenolic OH excluding ortho intramolecular Hbond substituents is 1. The Morgan fingerprint density at radius 1 is 1.42 bits per heavy atom. The molecule has 0 amide bonds. The SMILES string of the molecule is CNCC(C)c1ccccc1O. The van der Waals surface area contributed by atoms with E-state index in [1.807, 2.05) is 25.2 Å². The molecule has 0 aliphatic heterocycles. The zero-order chi connectivity index (χ0) is 8.97. The fourth-order valence-corrected chi connectivity index (χ4v) is 1.32. The van der Waals surface area contributed by atoms with E-state index < -0.39 is 0 Å². The quantitative estimate of drug-likeness (QED) is 0.714. The second kappa shape index (κ2) is 4.12. The van der Waals surface area contributed by atoms with Crippen LogP contribution in [-0.4, -0.2) is 18.7 Å². The highest BCUT2D eigenvalue weighted by atomic mass is 16.3. The second-order valence-corrected chi connectivity index (χ2v) is 3.02. The Bertz CT molecular complexity index is 247. The summed E-state index contributed by atoms with van der Waals surface area (Å²) in [7, 11) is 1.91. The molecule has 2 nitrogen and oxygen atoms in total. The molecule has 2 heteroatoms. The standard InChI is InChI=1S/C10H15NO/c1-8(7-11-2)9-5-3-4-6-10(9)12/h3-6,8,11-12H,7H2,1-2H3. The number of hydrogen-bond acceptors (Lipinski definition) is 2. The fraction of sp³-hybridized carbons (Fsp3) is 0.400. The van der Waals surface area contributed by atoms with Gasteiger partial charge in [0.25, 0.3) is 0 Å². The summed E-state index contributed by atoms with van der Waals surface area (Å²) in [5.41, 5.74) is 1.01. The van der Waals surface area contributed by atoms with Crippen LogP contribution in [0, 0.1) is 0 Å². The molecular formula is C10H15NO. The molecular weight excluding hydrogens is 150 g/mol. The first-order valence-electron chi connectivity index (χ1n) is 4.18. The van der Waals surface area contributed by atoms with Gasteiger partial charge in [-0.2, -0.15) is 0 Å². The predicted molar refractivity (Wildman–Crippen MR) is 50.4 cm³/mol. The molecule has 0 aromatic heterocycles. The van der Waals surface area contributed by atoms with Crippen molar-refractivity contribution >= 4 is 0 Å². The highest BCUT2D eigenvalue weighted by Gasteiger charge is 2.07. The van der Waals surface area contributed by atoms with Gasteiger partial charge in [0, 0.05) is 6.54 Å². The summed E-state index contributed by atoms with van der Waals surface area (Å²) in [6.45, 7) is 2.98. The second-order valence-electron chi connectivity index (χ2n) is 3.02. The predicted octanol–water partition coefficient (Wildman–Crippen LogP) is 1.72. The number of hydrogen-bond donors (Lipinski definition) is 2. The Morgan fingerprint density at radius 3 is 2.67 bits per heavy atom. The van der Waals surface area contributed by atoms with E-state index in [2.05, 4.69) is 12.2 Å². The van der Waals surface area contributed by atoms with Crippen molar-refractivity contribution in [2.75, 3.05) is 13.6 Å². The molecule has 1 aromatic rings. The lowest BCUT2D eigenvalue weighted by Gasteiger charge is -2.12. The van der Waals surface area contributed by atoms with Crippen molar-refractivity contribution in [3.05, 3.63) is 29.8 Å². The molecule has 0 spiro atoms. The number of rotatable bonds is 3. The first-order chi connectivity index (χ1) is 5.75. The molecule has 0 aliphatic carbocycles. The van der Waals surface area contributed by atoms with E-state index in [1.165, 1.54) is 0 Å². The Kier molecular flexibility index (Phi) is 3.11. The molecule has 1 atom stereocenters. The normalized spacial score (nSPS) is 12.8. The van der Waals surface area contributed by atoms with E-state index in [9.17, 15) is 5.11 Å². The molecule has 0 bridgehead atoms. The van der Waals surface area contributed by atoms with Gasteiger partial charge in [-0.15, -0.1) is 0 Å². The van der Waals surface area contributed by atoms with Crippen LogP contribution in [-0.2, 0) is 0 Å². The van der Waals surface area contributed by atoms with Gasteiger partial charge in [0.1, 0.15) is 5.75 Å². The lowest BCUT2D eigenvalue weighted by Crippen LogP contribution is -2.14. The van der Waals surface area contributed by atoms with Crippen LogP contribution in [0.25, 0.3) is 0 Å². The molecule has 1 aromatic carbocycles. The first kappa shape index (κ1) is 9.07. The van der Waals surface area contributed by atoms with Gasteiger partial charge in [-0.1, -0.05) is 25.1 Å². The molecule has 0 radical (unpaired) electrons. The van der Waals surface area contributed by atoms with Gasteiger partial charge in [-0.05, 0) is 24.6 Å². The van der Waals surface area contributed by atoms with E-state index in [0.717, 1.165) is 12.1 Å². The van der Waals surface area contributed by atoms with Crippen LogP contribution in [0.15, 0.2) is 24.3 Å². The molecule has 0 fully saturated rings. The summed E-state index contributed by atoms with van der Waals surface area (Å²) in [6, 6.07) is 7.46. The largest absolute Gasteiger partial charge is 0.508 e. The summed E-state index contributed by atoms with van der Waals surface area (Å²) in [5.74, 6) is 0.747. The summed E-state index contributed by atoms with van der Waals surface area (Å²) >= 11 is 0. The minimum Gasteiger partial charge on any atom is -0.508 e. The van der Waals surface area contributed by atoms with Crippen LogP contribution in [0.4, 0.5) is 0 Å². The lowest BCUT2D eigenvalue weighted by atomic mass is 10.0. The van der Waals surface area contributed by atoms with Crippen molar-refractivity contribution in [1.82, 2.24) is 5.32 Å². The van der Waals surface area contributed by atoms with E-state index in [0.29, 0.717) is 11.7 Å². The highest BCUT2D eigenvalue weighted by Crippen LogP contribution is 2.23. The van der Waals surface area contributed by atoms with Crippen molar-refractivity contribution in [3.8, 4) is 5.75 Å². The number of benzene rings is 1. The monoisotopic (exact) mass is 165 g/mol. The van der Waals surface area contributed by atoms with Crippen molar-refractivity contribution < 1.29 is 5.11 Å². The third-order valence-corrected chi connectivity index (χ3v) is 1.98. The zero-order valence-electron chi connectivity index (χ0n) is 7.54. The smallest absolute Gasteiger partial charge is 0.119 e. The van der Waals surface area contributed by atoms with Gasteiger partial charge in [0.15, 0.2) is 0 Å². The van der Waals surface area contributed by atoms with E-state index >= 15 is 0 Å². The van der Waals surface area contributed by atoms with Crippen LogP contribution in [0.2, 0.25) is 0 Å². The topological polar surface area (TPSA) is 32.3 Å². The third kappa shape index (κ3) is 1.98. The summed E-state index contributed by atoms with van der Waals surface area (Å²) in [6.07, 6.45) is 0. The van der Waals surface area contributed by atoms with Crippen molar-refractivity contribution in [1.29, 1.82) is 0 Å². The molecule has 12 heavy (non-hydrogen) atoms. The number of phenols is 1. The molecule has 0 aliphatic rings. The lowest BCUT2D eigenvalue weighted by molar-refractivity contribution is 0.461. The van der Waals surface area contributed by atoms with Crippen molar-refractivity contribution in [2.24, 2.45) is 0 Å². The minimum absolute atomic E-state index is 0.358. The Morgan fingerprint density at radius 2 is 2.08 bits per heavy atom.